The van der Waals surface area contributed by atoms with Crippen LogP contribution in [0.3, 0.4) is 0 Å². The van der Waals surface area contributed by atoms with E-state index in [1.165, 1.54) is 25.3 Å². The number of carbonyl (C=O) groups excluding carboxylic acids is 1. The van der Waals surface area contributed by atoms with Crippen molar-refractivity contribution in [1.29, 1.82) is 0 Å². The van der Waals surface area contributed by atoms with E-state index in [9.17, 15) is 22.0 Å². The van der Waals surface area contributed by atoms with E-state index >= 15 is 0 Å². The number of halogens is 2. The van der Waals surface area contributed by atoms with Gasteiger partial charge < -0.3 is 4.74 Å². The molecule has 1 aliphatic rings. The van der Waals surface area contributed by atoms with Gasteiger partial charge in [0.2, 0.25) is 0 Å². The number of ether oxygens (including phenoxy) is 1. The molecule has 1 aromatic heterocycles. The van der Waals surface area contributed by atoms with Gasteiger partial charge in [-0.3, -0.25) is 9.62 Å². The Morgan fingerprint density at radius 2 is 1.85 bits per heavy atom. The van der Waals surface area contributed by atoms with E-state index in [0.29, 0.717) is 29.1 Å². The molecule has 3 aromatic rings. The average Bonchev–Trinajstić information content (AvgIpc) is 3.17. The lowest BCUT2D eigenvalue weighted by atomic mass is 10.0. The zero-order valence-electron chi connectivity index (χ0n) is 18.0. The molecule has 1 N–H and O–H groups in total. The highest BCUT2D eigenvalue weighted by atomic mass is 32.2. The van der Waals surface area contributed by atoms with Gasteiger partial charge in [-0.2, -0.15) is 0 Å². The number of fused-ring (bicyclic) bond motifs is 1. The number of methoxy groups -OCH3 is 1. The number of anilines is 1. The van der Waals surface area contributed by atoms with Gasteiger partial charge >= 0.3 is 5.97 Å². The van der Waals surface area contributed by atoms with Crippen molar-refractivity contribution in [3.05, 3.63) is 81.2 Å². The number of thiophene rings is 1. The molecular weight excluding hydrogens is 470 g/mol. The Bertz CT molecular complexity index is 1300. The maximum atomic E-state index is 14.1. The third-order valence-electron chi connectivity index (χ3n) is 5.57. The smallest absolute Gasteiger partial charge is 0.340 e. The summed E-state index contributed by atoms with van der Waals surface area (Å²) in [4.78, 5) is 15.1. The van der Waals surface area contributed by atoms with Crippen LogP contribution in [0.2, 0.25) is 0 Å². The molecule has 0 amide bonds. The van der Waals surface area contributed by atoms with Crippen molar-refractivity contribution >= 4 is 33.0 Å². The van der Waals surface area contributed by atoms with Crippen molar-refractivity contribution in [1.82, 2.24) is 4.90 Å². The maximum absolute atomic E-state index is 14.1. The molecule has 0 unspecified atom stereocenters. The van der Waals surface area contributed by atoms with Crippen LogP contribution in [-0.2, 0) is 34.3 Å². The Kier molecular flexibility index (Phi) is 6.51. The standard InChI is InChI=1S/C23H22F2N2O4S2/c1-14-6-3-4-9-19(14)26-33(29,30)23-21(22(28)31-2)15-10-11-27(13-20(15)32-23)12-16-17(24)7-5-8-18(16)25/h3-9,26H,10-13H2,1-2H3. The lowest BCUT2D eigenvalue weighted by molar-refractivity contribution is 0.0595. The number of aryl methyl sites for hydroxylation is 1. The molecule has 1 aliphatic heterocycles. The molecule has 0 saturated carbocycles. The first-order valence-corrected chi connectivity index (χ1v) is 12.5. The highest BCUT2D eigenvalue weighted by Crippen LogP contribution is 2.38. The molecular formula is C23H22F2N2O4S2. The number of carbonyl (C=O) groups is 1. The molecule has 0 atom stereocenters. The third kappa shape index (κ3) is 4.64. The van der Waals surface area contributed by atoms with Gasteiger partial charge in [0.05, 0.1) is 18.4 Å². The Morgan fingerprint density at radius 1 is 1.15 bits per heavy atom. The molecule has 0 saturated heterocycles. The number of para-hydroxylation sites is 1. The van der Waals surface area contributed by atoms with Crippen LogP contribution in [-0.4, -0.2) is 32.9 Å². The van der Waals surface area contributed by atoms with Crippen LogP contribution in [0.1, 0.15) is 31.9 Å². The van der Waals surface area contributed by atoms with E-state index < -0.39 is 27.6 Å². The fraction of sp³-hybridized carbons (Fsp3) is 0.261. The van der Waals surface area contributed by atoms with Gasteiger partial charge in [0, 0.05) is 30.1 Å². The first kappa shape index (κ1) is 23.3. The van der Waals surface area contributed by atoms with Crippen LogP contribution in [0.15, 0.2) is 46.7 Å². The molecule has 4 rings (SSSR count). The van der Waals surface area contributed by atoms with Crippen molar-refractivity contribution in [2.24, 2.45) is 0 Å². The van der Waals surface area contributed by atoms with E-state index in [0.717, 1.165) is 16.9 Å². The van der Waals surface area contributed by atoms with Crippen molar-refractivity contribution in [2.45, 2.75) is 30.6 Å². The van der Waals surface area contributed by atoms with Crippen LogP contribution in [0, 0.1) is 18.6 Å². The highest BCUT2D eigenvalue weighted by Gasteiger charge is 2.34. The van der Waals surface area contributed by atoms with Crippen molar-refractivity contribution in [2.75, 3.05) is 18.4 Å². The fourth-order valence-electron chi connectivity index (χ4n) is 3.85. The number of hydrogen-bond acceptors (Lipinski definition) is 6. The summed E-state index contributed by atoms with van der Waals surface area (Å²) in [5, 5.41) is 0. The van der Waals surface area contributed by atoms with E-state index in [4.69, 9.17) is 4.74 Å². The van der Waals surface area contributed by atoms with Gasteiger partial charge in [-0.25, -0.2) is 22.0 Å². The number of nitrogens with zero attached hydrogens (tertiary/aromatic N) is 1. The SMILES string of the molecule is COC(=O)c1c(S(=O)(=O)Nc2ccccc2C)sc2c1CCN(Cc1c(F)cccc1F)C2. The Morgan fingerprint density at radius 3 is 2.52 bits per heavy atom. The molecule has 2 heterocycles. The summed E-state index contributed by atoms with van der Waals surface area (Å²) in [6, 6.07) is 10.6. The topological polar surface area (TPSA) is 75.7 Å². The molecule has 0 radical (unpaired) electrons. The highest BCUT2D eigenvalue weighted by molar-refractivity contribution is 7.94. The Balaban J connectivity index is 1.68. The molecule has 0 fully saturated rings. The first-order chi connectivity index (χ1) is 15.7. The van der Waals surface area contributed by atoms with E-state index in [1.807, 2.05) is 4.90 Å². The summed E-state index contributed by atoms with van der Waals surface area (Å²) in [5.41, 5.74) is 1.73. The molecule has 174 valence electrons. The number of rotatable bonds is 6. The van der Waals surface area contributed by atoms with Gasteiger partial charge in [0.1, 0.15) is 11.6 Å². The second-order valence-corrected chi connectivity index (χ2v) is 10.7. The summed E-state index contributed by atoms with van der Waals surface area (Å²) in [7, 11) is -2.87. The second kappa shape index (κ2) is 9.20. The van der Waals surface area contributed by atoms with E-state index in [2.05, 4.69) is 4.72 Å². The summed E-state index contributed by atoms with van der Waals surface area (Å²) < 4.78 is 62.0. The monoisotopic (exact) mass is 492 g/mol. The summed E-state index contributed by atoms with van der Waals surface area (Å²) in [5.74, 6) is -1.99. The lowest BCUT2D eigenvalue weighted by Crippen LogP contribution is -2.30. The van der Waals surface area contributed by atoms with E-state index in [-0.39, 0.29) is 28.4 Å². The predicted molar refractivity (Wildman–Crippen MR) is 122 cm³/mol. The van der Waals surface area contributed by atoms with Crippen LogP contribution in [0.5, 0.6) is 0 Å². The number of hydrogen-bond donors (Lipinski definition) is 1. The van der Waals surface area contributed by atoms with Crippen LogP contribution < -0.4 is 4.72 Å². The normalized spacial score (nSPS) is 14.1. The lowest BCUT2D eigenvalue weighted by Gasteiger charge is -2.27. The van der Waals surface area contributed by atoms with E-state index in [1.54, 1.807) is 31.2 Å². The van der Waals surface area contributed by atoms with Gasteiger partial charge in [-0.15, -0.1) is 11.3 Å². The number of nitrogens with one attached hydrogen (secondary N) is 1. The fourth-order valence-corrected chi connectivity index (χ4v) is 6.91. The molecule has 10 heteroatoms. The molecule has 33 heavy (non-hydrogen) atoms. The van der Waals surface area contributed by atoms with Crippen molar-refractivity contribution in [3.63, 3.8) is 0 Å². The first-order valence-electron chi connectivity index (χ1n) is 10.2. The van der Waals surface area contributed by atoms with Gasteiger partial charge in [0.15, 0.2) is 4.21 Å². The zero-order chi connectivity index (χ0) is 23.8. The minimum atomic E-state index is -4.08. The predicted octanol–water partition coefficient (Wildman–Crippen LogP) is 4.48. The number of sulfonamides is 1. The minimum absolute atomic E-state index is 0.0234. The summed E-state index contributed by atoms with van der Waals surface area (Å²) >= 11 is 0.980. The summed E-state index contributed by atoms with van der Waals surface area (Å²) in [6.45, 7) is 2.48. The van der Waals surface area contributed by atoms with Crippen molar-refractivity contribution in [3.8, 4) is 0 Å². The second-order valence-electron chi connectivity index (χ2n) is 7.74. The van der Waals surface area contributed by atoms with Crippen LogP contribution in [0.25, 0.3) is 0 Å². The average molecular weight is 493 g/mol. The number of esters is 1. The van der Waals surface area contributed by atoms with Gasteiger partial charge in [0.25, 0.3) is 10.0 Å². The third-order valence-corrected chi connectivity index (χ3v) is 8.67. The molecule has 0 bridgehead atoms. The minimum Gasteiger partial charge on any atom is -0.465 e. The van der Waals surface area contributed by atoms with Crippen molar-refractivity contribution < 1.29 is 26.7 Å². The molecule has 0 aliphatic carbocycles. The number of benzene rings is 2. The van der Waals surface area contributed by atoms with Gasteiger partial charge in [-0.1, -0.05) is 24.3 Å². The largest absolute Gasteiger partial charge is 0.465 e. The Hall–Kier alpha value is -2.82. The zero-order valence-corrected chi connectivity index (χ0v) is 19.7. The molecule has 6 nitrogen and oxygen atoms in total. The van der Waals surface area contributed by atoms with Crippen LogP contribution >= 0.6 is 11.3 Å². The van der Waals surface area contributed by atoms with Gasteiger partial charge in [-0.05, 0) is 42.7 Å². The summed E-state index contributed by atoms with van der Waals surface area (Å²) in [6.07, 6.45) is 0.353. The maximum Gasteiger partial charge on any atom is 0.340 e. The Labute approximate surface area is 194 Å². The van der Waals surface area contributed by atoms with Crippen LogP contribution in [0.4, 0.5) is 14.5 Å². The molecule has 0 spiro atoms. The molecule has 2 aromatic carbocycles. The quantitative estimate of drug-likeness (QED) is 0.514.